The van der Waals surface area contributed by atoms with Crippen molar-refractivity contribution in [2.45, 2.75) is 32.2 Å². The Labute approximate surface area is 176 Å². The molecule has 0 saturated heterocycles. The number of fused-ring (bicyclic) bond motifs is 2. The molecule has 1 aromatic heterocycles. The van der Waals surface area contributed by atoms with E-state index in [1.54, 1.807) is 7.11 Å². The first-order chi connectivity index (χ1) is 14.8. The standard InChI is InChI=1S/C27H25NO2/c1-30-25-16-15-20-11-5-6-12-21(20)27(25)23-17-26(29)28(18-19-9-3-2-4-10-19)24-14-8-7-13-22(23)24/h2-6,9-12,15-17H,7-8,13-14,18H2,1H3. The first-order valence-corrected chi connectivity index (χ1v) is 10.6. The monoisotopic (exact) mass is 395 g/mol. The fraction of sp³-hybridized carbons (Fsp3) is 0.222. The number of methoxy groups -OCH3 is 1. The summed E-state index contributed by atoms with van der Waals surface area (Å²) in [4.78, 5) is 13.3. The van der Waals surface area contributed by atoms with Crippen molar-refractivity contribution in [3.63, 3.8) is 0 Å². The van der Waals surface area contributed by atoms with Crippen LogP contribution < -0.4 is 10.3 Å². The summed E-state index contributed by atoms with van der Waals surface area (Å²) in [6.07, 6.45) is 4.21. The molecule has 150 valence electrons. The van der Waals surface area contributed by atoms with Crippen molar-refractivity contribution < 1.29 is 4.74 Å². The van der Waals surface area contributed by atoms with Crippen LogP contribution in [0.2, 0.25) is 0 Å². The SMILES string of the molecule is COc1ccc2ccccc2c1-c1cc(=O)n(Cc2ccccc2)c2c1CCCC2. The van der Waals surface area contributed by atoms with E-state index in [1.807, 2.05) is 47.0 Å². The number of ether oxygens (including phenoxy) is 1. The zero-order chi connectivity index (χ0) is 20.5. The average Bonchev–Trinajstić information content (AvgIpc) is 2.80. The summed E-state index contributed by atoms with van der Waals surface area (Å²) in [6.45, 7) is 0.620. The van der Waals surface area contributed by atoms with Gasteiger partial charge in [-0.25, -0.2) is 0 Å². The van der Waals surface area contributed by atoms with Crippen LogP contribution in [0.25, 0.3) is 21.9 Å². The average molecular weight is 396 g/mol. The van der Waals surface area contributed by atoms with Crippen LogP contribution in [0.5, 0.6) is 5.75 Å². The quantitative estimate of drug-likeness (QED) is 0.450. The van der Waals surface area contributed by atoms with E-state index in [-0.39, 0.29) is 5.56 Å². The highest BCUT2D eigenvalue weighted by atomic mass is 16.5. The first kappa shape index (κ1) is 18.7. The summed E-state index contributed by atoms with van der Waals surface area (Å²) in [7, 11) is 1.71. The molecule has 0 atom stereocenters. The lowest BCUT2D eigenvalue weighted by Gasteiger charge is -2.25. The molecule has 0 aliphatic heterocycles. The molecular formula is C27H25NO2. The number of nitrogens with zero attached hydrogens (tertiary/aromatic N) is 1. The van der Waals surface area contributed by atoms with E-state index >= 15 is 0 Å². The molecule has 0 N–H and O–H groups in total. The molecule has 1 aliphatic rings. The van der Waals surface area contributed by atoms with Crippen LogP contribution in [0.3, 0.4) is 0 Å². The van der Waals surface area contributed by atoms with Crippen LogP contribution in [-0.2, 0) is 19.4 Å². The molecule has 1 heterocycles. The van der Waals surface area contributed by atoms with Gasteiger partial charge in [-0.2, -0.15) is 0 Å². The fourth-order valence-electron chi connectivity index (χ4n) is 4.76. The molecule has 1 aliphatic carbocycles. The zero-order valence-electron chi connectivity index (χ0n) is 17.2. The molecule has 0 fully saturated rings. The Morgan fingerprint density at radius 3 is 2.50 bits per heavy atom. The topological polar surface area (TPSA) is 31.2 Å². The molecule has 3 nitrogen and oxygen atoms in total. The van der Waals surface area contributed by atoms with Crippen molar-refractivity contribution in [3.05, 3.63) is 100.0 Å². The van der Waals surface area contributed by atoms with E-state index in [1.165, 1.54) is 11.3 Å². The summed E-state index contributed by atoms with van der Waals surface area (Å²) < 4.78 is 7.73. The number of benzene rings is 3. The molecule has 5 rings (SSSR count). The molecule has 0 saturated carbocycles. The Hall–Kier alpha value is -3.33. The number of hydrogen-bond acceptors (Lipinski definition) is 2. The molecule has 30 heavy (non-hydrogen) atoms. The Morgan fingerprint density at radius 2 is 1.67 bits per heavy atom. The summed E-state index contributed by atoms with van der Waals surface area (Å²) in [5.74, 6) is 0.821. The van der Waals surface area contributed by atoms with Crippen LogP contribution in [0.4, 0.5) is 0 Å². The van der Waals surface area contributed by atoms with E-state index < -0.39 is 0 Å². The van der Waals surface area contributed by atoms with Gasteiger partial charge < -0.3 is 9.30 Å². The van der Waals surface area contributed by atoms with Crippen LogP contribution in [0.15, 0.2) is 77.6 Å². The minimum Gasteiger partial charge on any atom is -0.496 e. The van der Waals surface area contributed by atoms with Crippen LogP contribution in [0.1, 0.15) is 29.7 Å². The van der Waals surface area contributed by atoms with Gasteiger partial charge in [0, 0.05) is 17.3 Å². The summed E-state index contributed by atoms with van der Waals surface area (Å²) in [5.41, 5.74) is 5.77. The Balaban J connectivity index is 1.76. The number of hydrogen-bond donors (Lipinski definition) is 0. The highest BCUT2D eigenvalue weighted by molar-refractivity contribution is 6.00. The van der Waals surface area contributed by atoms with E-state index in [9.17, 15) is 4.79 Å². The third kappa shape index (κ3) is 3.21. The van der Waals surface area contributed by atoms with Gasteiger partial charge in [0.25, 0.3) is 5.56 Å². The lowest BCUT2D eigenvalue weighted by Crippen LogP contribution is -2.27. The zero-order valence-corrected chi connectivity index (χ0v) is 17.2. The minimum absolute atomic E-state index is 0.0597. The van der Waals surface area contributed by atoms with E-state index in [0.717, 1.165) is 58.9 Å². The normalized spacial score (nSPS) is 13.2. The second-order valence-corrected chi connectivity index (χ2v) is 7.96. The van der Waals surface area contributed by atoms with E-state index in [4.69, 9.17) is 4.74 Å². The van der Waals surface area contributed by atoms with Crippen LogP contribution in [-0.4, -0.2) is 11.7 Å². The van der Waals surface area contributed by atoms with Gasteiger partial charge in [-0.15, -0.1) is 0 Å². The van der Waals surface area contributed by atoms with Gasteiger partial charge in [-0.1, -0.05) is 60.7 Å². The first-order valence-electron chi connectivity index (χ1n) is 10.6. The molecule has 0 radical (unpaired) electrons. The van der Waals surface area contributed by atoms with Gasteiger partial charge in [0.1, 0.15) is 5.75 Å². The van der Waals surface area contributed by atoms with Gasteiger partial charge in [0.05, 0.1) is 13.7 Å². The molecule has 0 bridgehead atoms. The van der Waals surface area contributed by atoms with Gasteiger partial charge in [-0.3, -0.25) is 4.79 Å². The van der Waals surface area contributed by atoms with Gasteiger partial charge in [0.15, 0.2) is 0 Å². The molecule has 0 unspecified atom stereocenters. The third-order valence-corrected chi connectivity index (χ3v) is 6.19. The Morgan fingerprint density at radius 1 is 0.900 bits per heavy atom. The predicted molar refractivity (Wildman–Crippen MR) is 122 cm³/mol. The number of aromatic nitrogens is 1. The van der Waals surface area contributed by atoms with Gasteiger partial charge in [0.2, 0.25) is 0 Å². The van der Waals surface area contributed by atoms with Crippen molar-refractivity contribution in [3.8, 4) is 16.9 Å². The molecule has 3 aromatic carbocycles. The van der Waals surface area contributed by atoms with Crippen molar-refractivity contribution in [2.24, 2.45) is 0 Å². The maximum Gasteiger partial charge on any atom is 0.251 e. The summed E-state index contributed by atoms with van der Waals surface area (Å²) >= 11 is 0. The minimum atomic E-state index is 0.0597. The molecular weight excluding hydrogens is 370 g/mol. The fourth-order valence-corrected chi connectivity index (χ4v) is 4.76. The second-order valence-electron chi connectivity index (χ2n) is 7.96. The maximum absolute atomic E-state index is 13.3. The number of rotatable bonds is 4. The predicted octanol–water partition coefficient (Wildman–Crippen LogP) is 5.60. The lowest BCUT2D eigenvalue weighted by molar-refractivity contribution is 0.417. The number of pyridine rings is 1. The van der Waals surface area contributed by atoms with Crippen LogP contribution >= 0.6 is 0 Å². The van der Waals surface area contributed by atoms with Gasteiger partial charge >= 0.3 is 0 Å². The Bertz CT molecular complexity index is 1270. The summed E-state index contributed by atoms with van der Waals surface area (Å²) in [6, 6.07) is 24.5. The molecule has 0 amide bonds. The van der Waals surface area contributed by atoms with Gasteiger partial charge in [-0.05, 0) is 59.2 Å². The third-order valence-electron chi connectivity index (χ3n) is 6.19. The Kier molecular flexibility index (Phi) is 4.88. The summed E-state index contributed by atoms with van der Waals surface area (Å²) in [5, 5.41) is 2.29. The highest BCUT2D eigenvalue weighted by Gasteiger charge is 2.23. The van der Waals surface area contributed by atoms with Crippen molar-refractivity contribution >= 4 is 10.8 Å². The van der Waals surface area contributed by atoms with Crippen molar-refractivity contribution in [1.29, 1.82) is 0 Å². The second kappa shape index (κ2) is 7.83. The van der Waals surface area contributed by atoms with Crippen LogP contribution in [0, 0.1) is 0 Å². The van der Waals surface area contributed by atoms with Crippen molar-refractivity contribution in [1.82, 2.24) is 4.57 Å². The smallest absolute Gasteiger partial charge is 0.251 e. The highest BCUT2D eigenvalue weighted by Crippen LogP contribution is 2.40. The van der Waals surface area contributed by atoms with E-state index in [0.29, 0.717) is 6.54 Å². The lowest BCUT2D eigenvalue weighted by atomic mass is 9.86. The van der Waals surface area contributed by atoms with E-state index in [2.05, 4.69) is 30.3 Å². The molecule has 0 spiro atoms. The largest absolute Gasteiger partial charge is 0.496 e. The van der Waals surface area contributed by atoms with Crippen molar-refractivity contribution in [2.75, 3.05) is 7.11 Å². The molecule has 3 heteroatoms. The molecule has 4 aromatic rings. The maximum atomic E-state index is 13.3.